The normalized spacial score (nSPS) is 19.6. The highest BCUT2D eigenvalue weighted by atomic mass is 32.2. The van der Waals surface area contributed by atoms with E-state index in [4.69, 9.17) is 4.99 Å². The summed E-state index contributed by atoms with van der Waals surface area (Å²) in [6, 6.07) is 9.50. The molecule has 28 heavy (non-hydrogen) atoms. The molecule has 0 spiro atoms. The molecule has 0 saturated carbocycles. The van der Waals surface area contributed by atoms with Crippen LogP contribution < -0.4 is 15.5 Å². The summed E-state index contributed by atoms with van der Waals surface area (Å²) in [6.45, 7) is 12.0. The van der Waals surface area contributed by atoms with Crippen LogP contribution in [0.5, 0.6) is 0 Å². The van der Waals surface area contributed by atoms with Gasteiger partial charge in [-0.3, -0.25) is 0 Å². The number of anilines is 1. The van der Waals surface area contributed by atoms with Gasteiger partial charge in [-0.25, -0.2) is 4.99 Å². The average Bonchev–Trinajstić information content (AvgIpc) is 2.75. The zero-order chi connectivity index (χ0) is 19.6. The molecule has 0 atom stereocenters. The van der Waals surface area contributed by atoms with Gasteiger partial charge in [-0.15, -0.1) is 0 Å². The van der Waals surface area contributed by atoms with E-state index in [1.54, 1.807) is 0 Å². The molecular weight excluding hydrogens is 366 g/mol. The van der Waals surface area contributed by atoms with Gasteiger partial charge >= 0.3 is 0 Å². The van der Waals surface area contributed by atoms with Crippen molar-refractivity contribution in [2.45, 2.75) is 45.7 Å². The molecule has 156 valence electrons. The van der Waals surface area contributed by atoms with Gasteiger partial charge in [0.2, 0.25) is 0 Å². The zero-order valence-electron chi connectivity index (χ0n) is 17.6. The quantitative estimate of drug-likeness (QED) is 0.541. The Morgan fingerprint density at radius 3 is 2.43 bits per heavy atom. The lowest BCUT2D eigenvalue weighted by atomic mass is 10.1. The van der Waals surface area contributed by atoms with Crippen molar-refractivity contribution in [3.05, 3.63) is 29.8 Å². The van der Waals surface area contributed by atoms with Crippen molar-refractivity contribution >= 4 is 23.4 Å². The van der Waals surface area contributed by atoms with Crippen LogP contribution in [0.25, 0.3) is 0 Å². The molecule has 1 aromatic carbocycles. The Morgan fingerprint density at radius 2 is 1.79 bits per heavy atom. The third-order valence-electron chi connectivity index (χ3n) is 5.54. The fraction of sp³-hybridized carbons (Fsp3) is 0.682. The van der Waals surface area contributed by atoms with Crippen LogP contribution in [0, 0.1) is 0 Å². The van der Waals surface area contributed by atoms with Crippen molar-refractivity contribution in [3.8, 4) is 0 Å². The summed E-state index contributed by atoms with van der Waals surface area (Å²) in [7, 11) is 0. The molecule has 1 aromatic rings. The molecule has 3 rings (SSSR count). The molecule has 0 bridgehead atoms. The molecule has 0 radical (unpaired) electrons. The molecule has 2 N–H and O–H groups in total. The van der Waals surface area contributed by atoms with Gasteiger partial charge in [-0.05, 0) is 50.4 Å². The van der Waals surface area contributed by atoms with E-state index in [-0.39, 0.29) is 0 Å². The summed E-state index contributed by atoms with van der Waals surface area (Å²) in [5, 5.41) is 7.07. The highest BCUT2D eigenvalue weighted by Gasteiger charge is 2.19. The molecule has 5 nitrogen and oxygen atoms in total. The lowest BCUT2D eigenvalue weighted by molar-refractivity contribution is 0.206. The Hall–Kier alpha value is -1.40. The number of hydrogen-bond donors (Lipinski definition) is 2. The molecule has 0 aromatic heterocycles. The van der Waals surface area contributed by atoms with Gasteiger partial charge in [0, 0.05) is 56.0 Å². The number of nitrogens with zero attached hydrogens (tertiary/aromatic N) is 3. The number of guanidine groups is 1. The van der Waals surface area contributed by atoms with Crippen LogP contribution >= 0.6 is 11.8 Å². The molecule has 2 aliphatic heterocycles. The monoisotopic (exact) mass is 403 g/mol. The molecule has 2 aliphatic rings. The minimum atomic E-state index is 0.533. The number of aliphatic imine (C=N–C) groups is 1. The summed E-state index contributed by atoms with van der Waals surface area (Å²) in [5.74, 6) is 3.43. The van der Waals surface area contributed by atoms with Gasteiger partial charge in [-0.1, -0.05) is 19.1 Å². The van der Waals surface area contributed by atoms with E-state index >= 15 is 0 Å². The van der Waals surface area contributed by atoms with Gasteiger partial charge in [0.1, 0.15) is 0 Å². The molecular formula is C22H37N5S. The second kappa shape index (κ2) is 11.6. The van der Waals surface area contributed by atoms with E-state index in [2.05, 4.69) is 70.3 Å². The predicted octanol–water partition coefficient (Wildman–Crippen LogP) is 3.17. The summed E-state index contributed by atoms with van der Waals surface area (Å²) in [4.78, 5) is 9.90. The minimum absolute atomic E-state index is 0.533. The van der Waals surface area contributed by atoms with Crippen molar-refractivity contribution in [2.75, 3.05) is 55.7 Å². The maximum absolute atomic E-state index is 4.84. The zero-order valence-corrected chi connectivity index (χ0v) is 18.4. The fourth-order valence-electron chi connectivity index (χ4n) is 3.93. The van der Waals surface area contributed by atoms with Crippen molar-refractivity contribution in [3.63, 3.8) is 0 Å². The van der Waals surface area contributed by atoms with Crippen LogP contribution in [0.4, 0.5) is 5.69 Å². The lowest BCUT2D eigenvalue weighted by Gasteiger charge is -2.32. The van der Waals surface area contributed by atoms with Crippen LogP contribution in [0.15, 0.2) is 29.3 Å². The third kappa shape index (κ3) is 6.59. The maximum Gasteiger partial charge on any atom is 0.191 e. The largest absolute Gasteiger partial charge is 0.370 e. The first-order chi connectivity index (χ1) is 13.8. The van der Waals surface area contributed by atoms with Crippen LogP contribution in [0.1, 0.15) is 38.7 Å². The first-order valence-electron chi connectivity index (χ1n) is 11.0. The second-order valence-corrected chi connectivity index (χ2v) is 8.95. The Kier molecular flexibility index (Phi) is 8.80. The highest BCUT2D eigenvalue weighted by molar-refractivity contribution is 7.99. The van der Waals surface area contributed by atoms with Gasteiger partial charge < -0.3 is 20.4 Å². The minimum Gasteiger partial charge on any atom is -0.370 e. The van der Waals surface area contributed by atoms with Gasteiger partial charge in [0.05, 0.1) is 6.54 Å². The van der Waals surface area contributed by atoms with Crippen LogP contribution in [0.3, 0.4) is 0 Å². The second-order valence-electron chi connectivity index (χ2n) is 7.72. The molecule has 0 amide bonds. The van der Waals surface area contributed by atoms with E-state index in [1.807, 2.05) is 0 Å². The Morgan fingerprint density at radius 1 is 1.07 bits per heavy atom. The number of nitrogens with one attached hydrogen (secondary N) is 2. The molecule has 6 heteroatoms. The Bertz CT molecular complexity index is 589. The van der Waals surface area contributed by atoms with E-state index < -0.39 is 0 Å². The van der Waals surface area contributed by atoms with Gasteiger partial charge in [0.15, 0.2) is 5.96 Å². The molecule has 2 heterocycles. The maximum atomic E-state index is 4.84. The smallest absolute Gasteiger partial charge is 0.191 e. The topological polar surface area (TPSA) is 42.9 Å². The average molecular weight is 404 g/mol. The first kappa shape index (κ1) is 21.3. The lowest BCUT2D eigenvalue weighted by Crippen LogP contribution is -2.48. The Balaban J connectivity index is 1.51. The number of thioether (sulfide) groups is 1. The summed E-state index contributed by atoms with van der Waals surface area (Å²) < 4.78 is 0. The number of piperidine rings is 1. The van der Waals surface area contributed by atoms with Crippen molar-refractivity contribution in [1.29, 1.82) is 0 Å². The van der Waals surface area contributed by atoms with E-state index in [0.717, 1.165) is 32.1 Å². The molecule has 0 aliphatic carbocycles. The summed E-state index contributed by atoms with van der Waals surface area (Å²) >= 11 is 2.05. The van der Waals surface area contributed by atoms with E-state index in [0.29, 0.717) is 6.04 Å². The van der Waals surface area contributed by atoms with Gasteiger partial charge in [-0.2, -0.15) is 11.8 Å². The number of rotatable bonds is 7. The molecule has 2 saturated heterocycles. The van der Waals surface area contributed by atoms with Crippen LogP contribution in [-0.4, -0.2) is 67.7 Å². The van der Waals surface area contributed by atoms with Crippen LogP contribution in [0.2, 0.25) is 0 Å². The third-order valence-corrected chi connectivity index (χ3v) is 6.49. The highest BCUT2D eigenvalue weighted by Crippen LogP contribution is 2.20. The van der Waals surface area contributed by atoms with Crippen molar-refractivity contribution in [1.82, 2.24) is 15.5 Å². The summed E-state index contributed by atoms with van der Waals surface area (Å²) in [6.07, 6.45) is 3.65. The molecule has 0 unspecified atom stereocenters. The predicted molar refractivity (Wildman–Crippen MR) is 124 cm³/mol. The Labute approximate surface area is 175 Å². The first-order valence-corrected chi connectivity index (χ1v) is 12.1. The van der Waals surface area contributed by atoms with Crippen molar-refractivity contribution in [2.24, 2.45) is 4.99 Å². The molecule has 2 fully saturated rings. The van der Waals surface area contributed by atoms with E-state index in [1.165, 1.54) is 61.7 Å². The van der Waals surface area contributed by atoms with E-state index in [9.17, 15) is 0 Å². The number of benzene rings is 1. The van der Waals surface area contributed by atoms with Crippen LogP contribution in [-0.2, 0) is 6.54 Å². The number of hydrogen-bond acceptors (Lipinski definition) is 4. The standard InChI is InChI=1S/C22H37N5S/c1-3-11-26-12-9-20(10-13-26)25-22(23-4-2)24-18-19-5-7-21(8-6-19)27-14-16-28-17-15-27/h5-8,20H,3-4,9-18H2,1-2H3,(H2,23,24,25). The van der Waals surface area contributed by atoms with Crippen molar-refractivity contribution < 1.29 is 0 Å². The summed E-state index contributed by atoms with van der Waals surface area (Å²) in [5.41, 5.74) is 2.61. The number of likely N-dealkylation sites (tertiary alicyclic amines) is 1. The fourth-order valence-corrected chi connectivity index (χ4v) is 4.84. The SMILES string of the molecule is CCCN1CCC(NC(=NCc2ccc(N3CCSCC3)cc2)NCC)CC1. The van der Waals surface area contributed by atoms with Gasteiger partial charge in [0.25, 0.3) is 0 Å².